The monoisotopic (exact) mass is 237 g/mol. The lowest BCUT2D eigenvalue weighted by atomic mass is 10.2. The van der Waals surface area contributed by atoms with Crippen LogP contribution in [0.3, 0.4) is 0 Å². The lowest BCUT2D eigenvalue weighted by Crippen LogP contribution is -2.11. The Kier molecular flexibility index (Phi) is 6.58. The zero-order valence-corrected chi connectivity index (χ0v) is 11.4. The summed E-state index contributed by atoms with van der Waals surface area (Å²) >= 11 is 1.99. The molecule has 2 heteroatoms. The summed E-state index contributed by atoms with van der Waals surface area (Å²) in [5.74, 6) is 0. The fourth-order valence-electron chi connectivity index (χ4n) is 1.70. The third-order valence-electron chi connectivity index (χ3n) is 2.51. The molecule has 1 atom stereocenters. The second-order valence-electron chi connectivity index (χ2n) is 4.14. The Morgan fingerprint density at radius 2 is 2.12 bits per heavy atom. The van der Waals surface area contributed by atoms with Crippen LogP contribution < -0.4 is 5.32 Å². The minimum absolute atomic E-state index is 0.722. The molecule has 16 heavy (non-hydrogen) atoms. The van der Waals surface area contributed by atoms with Crippen LogP contribution >= 0.6 is 11.8 Å². The molecule has 0 saturated carbocycles. The molecule has 0 saturated heterocycles. The summed E-state index contributed by atoms with van der Waals surface area (Å²) in [6.07, 6.45) is 2.56. The predicted molar refractivity (Wildman–Crippen MR) is 74.0 cm³/mol. The molecular formula is C14H23NS. The molecule has 1 unspecified atom stereocenters. The molecule has 0 amide bonds. The molecule has 1 aromatic carbocycles. The van der Waals surface area contributed by atoms with Crippen molar-refractivity contribution in [3.8, 4) is 0 Å². The van der Waals surface area contributed by atoms with Crippen molar-refractivity contribution < 1.29 is 0 Å². The largest absolute Gasteiger partial charge is 0.313 e. The van der Waals surface area contributed by atoms with Crippen LogP contribution in [-0.2, 0) is 6.54 Å². The number of hydrogen-bond donors (Lipinski definition) is 1. The first-order chi connectivity index (χ1) is 7.76. The number of rotatable bonds is 7. The number of thioether (sulfide) groups is 1. The van der Waals surface area contributed by atoms with Crippen LogP contribution in [0.5, 0.6) is 0 Å². The van der Waals surface area contributed by atoms with Gasteiger partial charge in [0.2, 0.25) is 0 Å². The van der Waals surface area contributed by atoms with Crippen molar-refractivity contribution in [2.75, 3.05) is 6.54 Å². The highest BCUT2D eigenvalue weighted by Crippen LogP contribution is 2.26. The standard InChI is InChI=1S/C14H23NS/c1-4-7-12(3)16-14-9-6-8-13(10-14)11-15-5-2/h6,8-10,12,15H,4-5,7,11H2,1-3H3. The van der Waals surface area contributed by atoms with Gasteiger partial charge >= 0.3 is 0 Å². The first kappa shape index (κ1) is 13.6. The van der Waals surface area contributed by atoms with Crippen molar-refractivity contribution in [3.63, 3.8) is 0 Å². The van der Waals surface area contributed by atoms with Crippen LogP contribution in [0.4, 0.5) is 0 Å². The van der Waals surface area contributed by atoms with Crippen molar-refractivity contribution in [2.24, 2.45) is 0 Å². The number of nitrogens with one attached hydrogen (secondary N) is 1. The molecule has 0 spiro atoms. The normalized spacial score (nSPS) is 12.7. The van der Waals surface area contributed by atoms with Crippen molar-refractivity contribution in [1.29, 1.82) is 0 Å². The minimum Gasteiger partial charge on any atom is -0.313 e. The SMILES string of the molecule is CCCC(C)Sc1cccc(CNCC)c1. The summed E-state index contributed by atoms with van der Waals surface area (Å²) < 4.78 is 0. The number of hydrogen-bond acceptors (Lipinski definition) is 2. The van der Waals surface area contributed by atoms with Gasteiger partial charge in [0.25, 0.3) is 0 Å². The molecular weight excluding hydrogens is 214 g/mol. The molecule has 0 radical (unpaired) electrons. The van der Waals surface area contributed by atoms with Crippen LogP contribution in [0.15, 0.2) is 29.2 Å². The van der Waals surface area contributed by atoms with Crippen LogP contribution in [-0.4, -0.2) is 11.8 Å². The van der Waals surface area contributed by atoms with E-state index in [1.165, 1.54) is 23.3 Å². The molecule has 0 heterocycles. The molecule has 0 fully saturated rings. The summed E-state index contributed by atoms with van der Waals surface area (Å²) in [7, 11) is 0. The molecule has 1 nitrogen and oxygen atoms in total. The van der Waals surface area contributed by atoms with Crippen LogP contribution in [0.2, 0.25) is 0 Å². The fraction of sp³-hybridized carbons (Fsp3) is 0.571. The van der Waals surface area contributed by atoms with Gasteiger partial charge in [-0.25, -0.2) is 0 Å². The summed E-state index contributed by atoms with van der Waals surface area (Å²) in [6.45, 7) is 8.71. The maximum Gasteiger partial charge on any atom is 0.0205 e. The van der Waals surface area contributed by atoms with Crippen LogP contribution in [0.1, 0.15) is 39.2 Å². The predicted octanol–water partition coefficient (Wildman–Crippen LogP) is 4.08. The smallest absolute Gasteiger partial charge is 0.0205 e. The summed E-state index contributed by atoms with van der Waals surface area (Å²) in [6, 6.07) is 8.87. The molecule has 90 valence electrons. The van der Waals surface area contributed by atoms with Gasteiger partial charge in [-0.05, 0) is 30.7 Å². The molecule has 0 aliphatic rings. The van der Waals surface area contributed by atoms with E-state index in [1.807, 2.05) is 11.8 Å². The van der Waals surface area contributed by atoms with Crippen molar-refractivity contribution >= 4 is 11.8 Å². The second kappa shape index (κ2) is 7.75. The molecule has 1 rings (SSSR count). The van der Waals surface area contributed by atoms with E-state index in [4.69, 9.17) is 0 Å². The van der Waals surface area contributed by atoms with Crippen molar-refractivity contribution in [2.45, 2.75) is 50.3 Å². The summed E-state index contributed by atoms with van der Waals surface area (Å²) in [5, 5.41) is 4.08. The zero-order chi connectivity index (χ0) is 11.8. The second-order valence-corrected chi connectivity index (χ2v) is 5.66. The van der Waals surface area contributed by atoms with Crippen LogP contribution in [0.25, 0.3) is 0 Å². The third kappa shape index (κ3) is 5.04. The summed E-state index contributed by atoms with van der Waals surface area (Å²) in [4.78, 5) is 1.40. The van der Waals surface area contributed by atoms with E-state index in [9.17, 15) is 0 Å². The molecule has 0 aliphatic heterocycles. The first-order valence-electron chi connectivity index (χ1n) is 6.22. The molecule has 1 N–H and O–H groups in total. The van der Waals surface area contributed by atoms with Gasteiger partial charge in [0.1, 0.15) is 0 Å². The quantitative estimate of drug-likeness (QED) is 0.717. The van der Waals surface area contributed by atoms with Gasteiger partial charge in [-0.3, -0.25) is 0 Å². The van der Waals surface area contributed by atoms with Gasteiger partial charge in [-0.15, -0.1) is 11.8 Å². The van der Waals surface area contributed by atoms with Gasteiger partial charge in [0.15, 0.2) is 0 Å². The van der Waals surface area contributed by atoms with Gasteiger partial charge in [0, 0.05) is 16.7 Å². The van der Waals surface area contributed by atoms with E-state index in [2.05, 4.69) is 50.4 Å². The third-order valence-corrected chi connectivity index (χ3v) is 3.67. The van der Waals surface area contributed by atoms with Crippen molar-refractivity contribution in [1.82, 2.24) is 5.32 Å². The Hall–Kier alpha value is -0.470. The van der Waals surface area contributed by atoms with E-state index in [1.54, 1.807) is 0 Å². The lowest BCUT2D eigenvalue weighted by molar-refractivity contribution is 0.725. The zero-order valence-electron chi connectivity index (χ0n) is 10.6. The molecule has 0 bridgehead atoms. The maximum atomic E-state index is 3.36. The minimum atomic E-state index is 0.722. The highest BCUT2D eigenvalue weighted by molar-refractivity contribution is 7.99. The van der Waals surface area contributed by atoms with E-state index < -0.39 is 0 Å². The Balaban J connectivity index is 2.52. The summed E-state index contributed by atoms with van der Waals surface area (Å²) in [5.41, 5.74) is 1.38. The maximum absolute atomic E-state index is 3.36. The van der Waals surface area contributed by atoms with Crippen molar-refractivity contribution in [3.05, 3.63) is 29.8 Å². The fourth-order valence-corrected chi connectivity index (χ4v) is 2.89. The average Bonchev–Trinajstić information content (AvgIpc) is 2.27. The van der Waals surface area contributed by atoms with Gasteiger partial charge in [-0.1, -0.05) is 39.3 Å². The van der Waals surface area contributed by atoms with Gasteiger partial charge < -0.3 is 5.32 Å². The Morgan fingerprint density at radius 3 is 2.81 bits per heavy atom. The lowest BCUT2D eigenvalue weighted by Gasteiger charge is -2.11. The van der Waals surface area contributed by atoms with Gasteiger partial charge in [-0.2, -0.15) is 0 Å². The average molecular weight is 237 g/mol. The molecule has 0 aliphatic carbocycles. The molecule has 1 aromatic rings. The Labute approximate surface area is 104 Å². The Morgan fingerprint density at radius 1 is 1.31 bits per heavy atom. The van der Waals surface area contributed by atoms with Gasteiger partial charge in [0.05, 0.1) is 0 Å². The number of benzene rings is 1. The highest BCUT2D eigenvalue weighted by atomic mass is 32.2. The van der Waals surface area contributed by atoms with E-state index in [0.29, 0.717) is 0 Å². The van der Waals surface area contributed by atoms with E-state index in [0.717, 1.165) is 18.3 Å². The Bertz CT molecular complexity index is 299. The topological polar surface area (TPSA) is 12.0 Å². The molecule has 0 aromatic heterocycles. The van der Waals surface area contributed by atoms with E-state index in [-0.39, 0.29) is 0 Å². The first-order valence-corrected chi connectivity index (χ1v) is 7.10. The van der Waals surface area contributed by atoms with E-state index >= 15 is 0 Å². The van der Waals surface area contributed by atoms with Crippen LogP contribution in [0, 0.1) is 0 Å². The highest BCUT2D eigenvalue weighted by Gasteiger charge is 2.03.